The van der Waals surface area contributed by atoms with Crippen LogP contribution in [0.5, 0.6) is 0 Å². The highest BCUT2D eigenvalue weighted by atomic mass is 31.2. The van der Waals surface area contributed by atoms with Gasteiger partial charge in [0.1, 0.15) is 6.04 Å². The fraction of sp³-hybridized carbons (Fsp3) is 0.308. The van der Waals surface area contributed by atoms with Crippen molar-refractivity contribution in [3.8, 4) is 0 Å². The monoisotopic (exact) mass is 315 g/mol. The Morgan fingerprint density at radius 3 is 2.48 bits per heavy atom. The number of aliphatic carboxylic acids is 1. The minimum atomic E-state index is -4.32. The van der Waals surface area contributed by atoms with Crippen molar-refractivity contribution in [2.24, 2.45) is 5.73 Å². The van der Waals surface area contributed by atoms with E-state index in [1.54, 1.807) is 0 Å². The Labute approximate surface area is 122 Å². The van der Waals surface area contributed by atoms with Crippen LogP contribution in [0.1, 0.15) is 5.56 Å². The zero-order chi connectivity index (χ0) is 15.9. The Hall–Kier alpha value is -1.50. The predicted molar refractivity (Wildman–Crippen MR) is 76.7 cm³/mol. The molecule has 1 aromatic rings. The van der Waals surface area contributed by atoms with Crippen molar-refractivity contribution >= 4 is 13.6 Å². The first-order chi connectivity index (χ1) is 9.78. The van der Waals surface area contributed by atoms with E-state index in [-0.39, 0.29) is 18.8 Å². The molecular weight excluding hydrogens is 297 g/mol. The first-order valence-electron chi connectivity index (χ1n) is 6.12. The van der Waals surface area contributed by atoms with E-state index >= 15 is 0 Å². The molecule has 21 heavy (non-hydrogen) atoms. The van der Waals surface area contributed by atoms with Gasteiger partial charge in [-0.2, -0.15) is 0 Å². The van der Waals surface area contributed by atoms with E-state index in [0.717, 1.165) is 11.6 Å². The summed E-state index contributed by atoms with van der Waals surface area (Å²) in [6, 6.07) is 7.89. The third-order valence-corrected chi connectivity index (χ3v) is 3.33. The molecule has 116 valence electrons. The molecule has 0 aromatic heterocycles. The fourth-order valence-corrected chi connectivity index (χ4v) is 2.34. The highest BCUT2D eigenvalue weighted by Gasteiger charge is 2.18. The summed E-state index contributed by atoms with van der Waals surface area (Å²) in [7, 11) is -4.32. The van der Waals surface area contributed by atoms with Crippen molar-refractivity contribution in [2.45, 2.75) is 12.6 Å². The third kappa shape index (κ3) is 7.75. The summed E-state index contributed by atoms with van der Waals surface area (Å²) in [5.74, 6) is -1.28. The lowest BCUT2D eigenvalue weighted by atomic mass is 10.2. The van der Waals surface area contributed by atoms with Crippen LogP contribution in [0.3, 0.4) is 0 Å². The molecule has 0 saturated heterocycles. The second kappa shape index (κ2) is 8.07. The number of carboxylic acid groups (broad SMARTS) is 1. The van der Waals surface area contributed by atoms with Gasteiger partial charge in [-0.1, -0.05) is 36.4 Å². The van der Waals surface area contributed by atoms with Crippen molar-refractivity contribution in [1.29, 1.82) is 0 Å². The van der Waals surface area contributed by atoms with Crippen molar-refractivity contribution in [2.75, 3.05) is 12.8 Å². The highest BCUT2D eigenvalue weighted by molar-refractivity contribution is 7.52. The largest absolute Gasteiger partial charge is 0.480 e. The number of hydrogen-bond donors (Lipinski definition) is 4. The average molecular weight is 315 g/mol. The second-order valence-electron chi connectivity index (χ2n) is 4.49. The van der Waals surface area contributed by atoms with Crippen molar-refractivity contribution in [1.82, 2.24) is 0 Å². The number of carbonyl (C=O) groups is 1. The molecule has 0 bridgehead atoms. The summed E-state index contributed by atoms with van der Waals surface area (Å²) in [5.41, 5.74) is 6.39. The first-order valence-corrected chi connectivity index (χ1v) is 7.92. The molecule has 0 amide bonds. The fourth-order valence-electron chi connectivity index (χ4n) is 1.61. The zero-order valence-electron chi connectivity index (χ0n) is 11.3. The third-order valence-electron chi connectivity index (χ3n) is 2.51. The molecule has 0 saturated carbocycles. The zero-order valence-corrected chi connectivity index (χ0v) is 12.1. The van der Waals surface area contributed by atoms with Gasteiger partial charge in [0.15, 0.2) is 0 Å². The molecule has 1 aromatic carbocycles. The molecular formula is C13H18NO6P. The molecule has 0 spiro atoms. The molecule has 7 nitrogen and oxygen atoms in total. The van der Waals surface area contributed by atoms with Crippen LogP contribution in [0.25, 0.3) is 0 Å². The van der Waals surface area contributed by atoms with Gasteiger partial charge in [-0.25, -0.2) is 0 Å². The lowest BCUT2D eigenvalue weighted by Gasteiger charge is -2.12. The van der Waals surface area contributed by atoms with Crippen LogP contribution in [0.15, 0.2) is 42.0 Å². The van der Waals surface area contributed by atoms with Crippen molar-refractivity contribution < 1.29 is 29.0 Å². The average Bonchev–Trinajstić information content (AvgIpc) is 2.37. The molecule has 1 rings (SSSR count). The molecule has 1 atom stereocenters. The molecule has 0 heterocycles. The van der Waals surface area contributed by atoms with E-state index in [0.29, 0.717) is 0 Å². The number of hydrogen-bond acceptors (Lipinski definition) is 4. The molecule has 0 aliphatic heterocycles. The van der Waals surface area contributed by atoms with E-state index in [9.17, 15) is 9.36 Å². The Morgan fingerprint density at radius 2 is 1.95 bits per heavy atom. The Bertz CT molecular complexity index is 539. The topological polar surface area (TPSA) is 130 Å². The van der Waals surface area contributed by atoms with Crippen molar-refractivity contribution in [3.05, 3.63) is 47.5 Å². The molecule has 8 heteroatoms. The standard InChI is InChI=1S/C13H18NO6P/c14-12(13(15)16)6-11(9-21(17,18)19)8-20-7-10-4-2-1-3-5-10/h1-6,12H,7-9,14H2,(H,15,16)(H2,17,18,19)/b11-6-. The molecule has 0 aliphatic rings. The van der Waals surface area contributed by atoms with Gasteiger partial charge in [0.05, 0.1) is 19.4 Å². The van der Waals surface area contributed by atoms with Crippen LogP contribution in [0, 0.1) is 0 Å². The maximum Gasteiger partial charge on any atom is 0.329 e. The Morgan fingerprint density at radius 1 is 1.33 bits per heavy atom. The van der Waals surface area contributed by atoms with E-state index in [4.69, 9.17) is 25.4 Å². The lowest BCUT2D eigenvalue weighted by molar-refractivity contribution is -0.137. The summed E-state index contributed by atoms with van der Waals surface area (Å²) < 4.78 is 16.4. The Kier molecular flexibility index (Phi) is 6.74. The van der Waals surface area contributed by atoms with Gasteiger partial charge in [0.25, 0.3) is 0 Å². The number of ether oxygens (including phenoxy) is 1. The normalized spacial score (nSPS) is 14.0. The smallest absolute Gasteiger partial charge is 0.329 e. The van der Waals surface area contributed by atoms with E-state index in [2.05, 4.69) is 0 Å². The van der Waals surface area contributed by atoms with Crippen LogP contribution < -0.4 is 5.73 Å². The number of rotatable bonds is 8. The molecule has 0 radical (unpaired) electrons. The number of nitrogens with two attached hydrogens (primary N) is 1. The van der Waals surface area contributed by atoms with Crippen LogP contribution >= 0.6 is 7.60 Å². The maximum absolute atomic E-state index is 11.0. The minimum absolute atomic E-state index is 0.0962. The molecule has 0 fully saturated rings. The van der Waals surface area contributed by atoms with Gasteiger partial charge in [0.2, 0.25) is 0 Å². The summed E-state index contributed by atoms with van der Waals surface area (Å²) in [4.78, 5) is 28.7. The van der Waals surface area contributed by atoms with Crippen LogP contribution in [0.2, 0.25) is 0 Å². The minimum Gasteiger partial charge on any atom is -0.480 e. The van der Waals surface area contributed by atoms with E-state index < -0.39 is 25.8 Å². The molecule has 5 N–H and O–H groups in total. The summed E-state index contributed by atoms with van der Waals surface area (Å²) in [6.07, 6.45) is 0.523. The number of carboxylic acids is 1. The van der Waals surface area contributed by atoms with Gasteiger partial charge in [-0.3, -0.25) is 9.36 Å². The maximum atomic E-state index is 11.0. The summed E-state index contributed by atoms with van der Waals surface area (Å²) in [6.45, 7) is 0.155. The quantitative estimate of drug-likeness (QED) is 0.411. The SMILES string of the molecule is NC(/C=C(/COCc1ccccc1)CP(=O)(O)O)C(=O)O. The van der Waals surface area contributed by atoms with Crippen LogP contribution in [0.4, 0.5) is 0 Å². The molecule has 1 unspecified atom stereocenters. The van der Waals surface area contributed by atoms with Gasteiger partial charge in [0, 0.05) is 0 Å². The predicted octanol–water partition coefficient (Wildman–Crippen LogP) is 0.719. The van der Waals surface area contributed by atoms with Gasteiger partial charge in [-0.15, -0.1) is 0 Å². The van der Waals surface area contributed by atoms with Crippen molar-refractivity contribution in [3.63, 3.8) is 0 Å². The number of benzene rings is 1. The highest BCUT2D eigenvalue weighted by Crippen LogP contribution is 2.36. The van der Waals surface area contributed by atoms with Crippen LogP contribution in [-0.2, 0) is 20.7 Å². The first kappa shape index (κ1) is 17.6. The summed E-state index contributed by atoms with van der Waals surface area (Å²) in [5, 5.41) is 8.73. The lowest BCUT2D eigenvalue weighted by Crippen LogP contribution is -2.28. The van der Waals surface area contributed by atoms with E-state index in [1.165, 1.54) is 0 Å². The molecule has 0 aliphatic carbocycles. The van der Waals surface area contributed by atoms with E-state index in [1.807, 2.05) is 30.3 Å². The van der Waals surface area contributed by atoms with Gasteiger partial charge in [-0.05, 0) is 11.1 Å². The van der Waals surface area contributed by atoms with Gasteiger partial charge >= 0.3 is 13.6 Å². The van der Waals surface area contributed by atoms with Crippen LogP contribution in [-0.4, -0.2) is 39.7 Å². The van der Waals surface area contributed by atoms with Gasteiger partial charge < -0.3 is 25.4 Å². The Balaban J connectivity index is 2.65. The summed E-state index contributed by atoms with van der Waals surface area (Å²) >= 11 is 0. The second-order valence-corrected chi connectivity index (χ2v) is 6.14.